The molecule has 0 N–H and O–H groups in total. The van der Waals surface area contributed by atoms with Crippen molar-refractivity contribution in [3.05, 3.63) is 0 Å². The first-order valence-electron chi connectivity index (χ1n) is 8.57. The lowest BCUT2D eigenvalue weighted by Crippen LogP contribution is -2.17. The van der Waals surface area contributed by atoms with Crippen LogP contribution in [0.4, 0.5) is 0 Å². The molecule has 2 unspecified atom stereocenters. The summed E-state index contributed by atoms with van der Waals surface area (Å²) in [5, 5.41) is 0. The van der Waals surface area contributed by atoms with Gasteiger partial charge in [-0.1, -0.05) is 41.5 Å². The van der Waals surface area contributed by atoms with E-state index < -0.39 is 0 Å². The molecule has 2 atom stereocenters. The minimum absolute atomic E-state index is 0.527. The maximum absolute atomic E-state index is 2.41. The van der Waals surface area contributed by atoms with Crippen LogP contribution >= 0.6 is 0 Å². The zero-order valence-electron chi connectivity index (χ0n) is 14.3. The third kappa shape index (κ3) is 4.50. The van der Waals surface area contributed by atoms with Crippen molar-refractivity contribution in [2.75, 3.05) is 0 Å². The molecule has 0 heteroatoms. The molecule has 0 aromatic rings. The van der Waals surface area contributed by atoms with Gasteiger partial charge in [0.1, 0.15) is 0 Å². The van der Waals surface area contributed by atoms with E-state index in [-0.39, 0.29) is 0 Å². The van der Waals surface area contributed by atoms with E-state index in [2.05, 4.69) is 41.5 Å². The Balaban J connectivity index is 1.87. The largest absolute Gasteiger partial charge is 0.0602 e. The molecule has 0 aromatic heterocycles. The number of rotatable bonds is 2. The van der Waals surface area contributed by atoms with Crippen LogP contribution in [0.5, 0.6) is 0 Å². The fourth-order valence-corrected chi connectivity index (χ4v) is 5.15. The van der Waals surface area contributed by atoms with E-state index in [9.17, 15) is 0 Å². The lowest BCUT2D eigenvalue weighted by Gasteiger charge is -2.28. The Morgan fingerprint density at radius 1 is 0.737 bits per heavy atom. The summed E-state index contributed by atoms with van der Waals surface area (Å²) >= 11 is 0. The molecule has 112 valence electrons. The van der Waals surface area contributed by atoms with Crippen molar-refractivity contribution in [1.82, 2.24) is 0 Å². The molecule has 2 fully saturated rings. The minimum Gasteiger partial charge on any atom is -0.0602 e. The molecule has 2 aliphatic carbocycles. The highest BCUT2D eigenvalue weighted by atomic mass is 14.5. The molecular weight excluding hydrogens is 228 g/mol. The first-order chi connectivity index (χ1) is 8.57. The number of hydrogen-bond acceptors (Lipinski definition) is 0. The average Bonchev–Trinajstić information content (AvgIpc) is 2.70. The van der Waals surface area contributed by atoms with Crippen molar-refractivity contribution in [2.45, 2.75) is 92.9 Å². The van der Waals surface area contributed by atoms with Gasteiger partial charge in [-0.2, -0.15) is 0 Å². The van der Waals surface area contributed by atoms with Gasteiger partial charge in [-0.3, -0.25) is 0 Å². The zero-order valence-corrected chi connectivity index (χ0v) is 14.3. The Kier molecular flexibility index (Phi) is 4.11. The highest BCUT2D eigenvalue weighted by Crippen LogP contribution is 2.57. The molecule has 0 saturated heterocycles. The van der Waals surface area contributed by atoms with Crippen molar-refractivity contribution in [3.63, 3.8) is 0 Å². The second-order valence-electron chi connectivity index (χ2n) is 10.2. The SMILES string of the molecule is CC(C)(C)CC1CCC2(CCC(CC(C)(C)C)C2)C1. The van der Waals surface area contributed by atoms with Crippen LogP contribution in [0.1, 0.15) is 92.9 Å². The van der Waals surface area contributed by atoms with Crippen LogP contribution in [-0.2, 0) is 0 Å². The topological polar surface area (TPSA) is 0 Å². The van der Waals surface area contributed by atoms with Crippen LogP contribution in [0.25, 0.3) is 0 Å². The van der Waals surface area contributed by atoms with Gasteiger partial charge in [0.05, 0.1) is 0 Å². The summed E-state index contributed by atoms with van der Waals surface area (Å²) in [5.41, 5.74) is 1.82. The summed E-state index contributed by atoms with van der Waals surface area (Å²) in [5.74, 6) is 2.04. The molecule has 0 aliphatic heterocycles. The summed E-state index contributed by atoms with van der Waals surface area (Å²) in [4.78, 5) is 0. The van der Waals surface area contributed by atoms with Gasteiger partial charge in [-0.05, 0) is 79.4 Å². The molecule has 0 radical (unpaired) electrons. The Hall–Kier alpha value is 0. The Labute approximate surface area is 121 Å². The first kappa shape index (κ1) is 15.4. The van der Waals surface area contributed by atoms with Crippen molar-refractivity contribution in [1.29, 1.82) is 0 Å². The molecule has 0 aromatic carbocycles. The summed E-state index contributed by atoms with van der Waals surface area (Å²) in [6, 6.07) is 0. The van der Waals surface area contributed by atoms with Gasteiger partial charge in [-0.15, -0.1) is 0 Å². The van der Waals surface area contributed by atoms with Gasteiger partial charge in [0, 0.05) is 0 Å². The predicted molar refractivity (Wildman–Crippen MR) is 85.3 cm³/mol. The molecule has 19 heavy (non-hydrogen) atoms. The van der Waals surface area contributed by atoms with Crippen LogP contribution in [0.2, 0.25) is 0 Å². The molecule has 2 aliphatic rings. The van der Waals surface area contributed by atoms with Crippen LogP contribution in [0.3, 0.4) is 0 Å². The second kappa shape index (κ2) is 5.08. The monoisotopic (exact) mass is 264 g/mol. The van der Waals surface area contributed by atoms with Crippen molar-refractivity contribution in [3.8, 4) is 0 Å². The van der Waals surface area contributed by atoms with Crippen molar-refractivity contribution < 1.29 is 0 Å². The van der Waals surface area contributed by atoms with Gasteiger partial charge in [-0.25, -0.2) is 0 Å². The average molecular weight is 264 g/mol. The summed E-state index contributed by atoms with van der Waals surface area (Å²) in [6.07, 6.45) is 12.1. The maximum Gasteiger partial charge on any atom is -0.0292 e. The van der Waals surface area contributed by atoms with Gasteiger partial charge in [0.15, 0.2) is 0 Å². The van der Waals surface area contributed by atoms with E-state index in [1.54, 1.807) is 12.8 Å². The van der Waals surface area contributed by atoms with E-state index in [0.29, 0.717) is 10.8 Å². The van der Waals surface area contributed by atoms with E-state index in [4.69, 9.17) is 0 Å². The molecular formula is C19H36. The van der Waals surface area contributed by atoms with E-state index in [1.165, 1.54) is 38.5 Å². The molecule has 1 spiro atoms. The van der Waals surface area contributed by atoms with E-state index in [1.807, 2.05) is 0 Å². The van der Waals surface area contributed by atoms with Crippen LogP contribution in [0.15, 0.2) is 0 Å². The molecule has 0 amide bonds. The molecule has 2 saturated carbocycles. The zero-order chi connectivity index (χ0) is 14.3. The minimum atomic E-state index is 0.527. The second-order valence-corrected chi connectivity index (χ2v) is 10.2. The third-order valence-corrected chi connectivity index (χ3v) is 5.41. The Morgan fingerprint density at radius 2 is 1.11 bits per heavy atom. The van der Waals surface area contributed by atoms with Gasteiger partial charge < -0.3 is 0 Å². The van der Waals surface area contributed by atoms with Gasteiger partial charge >= 0.3 is 0 Å². The predicted octanol–water partition coefficient (Wildman–Crippen LogP) is 6.45. The van der Waals surface area contributed by atoms with E-state index in [0.717, 1.165) is 17.3 Å². The Morgan fingerprint density at radius 3 is 1.42 bits per heavy atom. The third-order valence-electron chi connectivity index (χ3n) is 5.41. The number of hydrogen-bond donors (Lipinski definition) is 0. The Bertz CT molecular complexity index is 267. The smallest absolute Gasteiger partial charge is 0.0292 e. The van der Waals surface area contributed by atoms with E-state index >= 15 is 0 Å². The lowest BCUT2D eigenvalue weighted by molar-refractivity contribution is 0.231. The molecule has 0 nitrogen and oxygen atoms in total. The standard InChI is InChI=1S/C19H36/c1-17(2,3)11-15-7-9-19(13-15)10-8-16(14-19)12-18(4,5)6/h15-16H,7-14H2,1-6H3. The quantitative estimate of drug-likeness (QED) is 0.538. The highest BCUT2D eigenvalue weighted by molar-refractivity contribution is 4.96. The van der Waals surface area contributed by atoms with Crippen LogP contribution in [-0.4, -0.2) is 0 Å². The van der Waals surface area contributed by atoms with Crippen LogP contribution in [0, 0.1) is 28.1 Å². The summed E-state index contributed by atoms with van der Waals surface area (Å²) in [6.45, 7) is 14.5. The normalized spacial score (nSPS) is 36.3. The maximum atomic E-state index is 2.41. The lowest BCUT2D eigenvalue weighted by atomic mass is 9.77. The molecule has 2 rings (SSSR count). The highest BCUT2D eigenvalue weighted by Gasteiger charge is 2.45. The molecule has 0 bridgehead atoms. The van der Waals surface area contributed by atoms with Crippen LogP contribution < -0.4 is 0 Å². The summed E-state index contributed by atoms with van der Waals surface area (Å²) < 4.78 is 0. The summed E-state index contributed by atoms with van der Waals surface area (Å²) in [7, 11) is 0. The fraction of sp³-hybridized carbons (Fsp3) is 1.00. The van der Waals surface area contributed by atoms with Gasteiger partial charge in [0.2, 0.25) is 0 Å². The van der Waals surface area contributed by atoms with Gasteiger partial charge in [0.25, 0.3) is 0 Å². The van der Waals surface area contributed by atoms with Crippen molar-refractivity contribution in [2.24, 2.45) is 28.1 Å². The van der Waals surface area contributed by atoms with Crippen molar-refractivity contribution >= 4 is 0 Å². The first-order valence-corrected chi connectivity index (χ1v) is 8.57. The fourth-order valence-electron chi connectivity index (χ4n) is 5.15. The molecule has 0 heterocycles.